The maximum atomic E-state index is 4.54. The molecule has 2 aliphatic carbocycles. The second kappa shape index (κ2) is 5.36. The van der Waals surface area contributed by atoms with Crippen molar-refractivity contribution in [3.8, 4) is 0 Å². The van der Waals surface area contributed by atoms with Crippen molar-refractivity contribution < 1.29 is 0 Å². The van der Waals surface area contributed by atoms with E-state index >= 15 is 0 Å². The van der Waals surface area contributed by atoms with Crippen LogP contribution in [-0.4, -0.2) is 11.9 Å². The van der Waals surface area contributed by atoms with Crippen molar-refractivity contribution in [3.63, 3.8) is 0 Å². The summed E-state index contributed by atoms with van der Waals surface area (Å²) in [5.74, 6) is 3.99. The molecule has 0 aromatic carbocycles. The maximum absolute atomic E-state index is 4.54. The Balaban J connectivity index is 1.78. The van der Waals surface area contributed by atoms with Crippen molar-refractivity contribution in [2.24, 2.45) is 10.9 Å². The molecule has 78 valence electrons. The lowest BCUT2D eigenvalue weighted by Gasteiger charge is -2.15. The van der Waals surface area contributed by atoms with Crippen LogP contribution in [0.25, 0.3) is 0 Å². The van der Waals surface area contributed by atoms with E-state index in [0.29, 0.717) is 6.04 Å². The molecular formula is C13H21N. The molecule has 0 aromatic rings. The summed E-state index contributed by atoms with van der Waals surface area (Å²) in [4.78, 5) is 4.54. The average Bonchev–Trinajstić information content (AvgIpc) is 2.72. The van der Waals surface area contributed by atoms with E-state index in [1.165, 1.54) is 57.8 Å². The number of hydrogen-bond donors (Lipinski definition) is 0. The Kier molecular flexibility index (Phi) is 3.82. The molecule has 2 rings (SSSR count). The Morgan fingerprint density at radius 2 is 1.50 bits per heavy atom. The van der Waals surface area contributed by atoms with Gasteiger partial charge in [0, 0.05) is 0 Å². The fourth-order valence-corrected chi connectivity index (χ4v) is 2.59. The van der Waals surface area contributed by atoms with Gasteiger partial charge >= 0.3 is 0 Å². The third-order valence-electron chi connectivity index (χ3n) is 3.54. The van der Waals surface area contributed by atoms with Gasteiger partial charge in [-0.05, 0) is 43.5 Å². The lowest BCUT2D eigenvalue weighted by atomic mass is 9.96. The molecule has 0 aromatic heterocycles. The summed E-state index contributed by atoms with van der Waals surface area (Å²) in [5.41, 5.74) is 0. The van der Waals surface area contributed by atoms with Crippen LogP contribution >= 0.6 is 0 Å². The molecule has 2 fully saturated rings. The van der Waals surface area contributed by atoms with Crippen molar-refractivity contribution in [2.45, 2.75) is 63.8 Å². The second-order valence-electron chi connectivity index (χ2n) is 4.76. The molecule has 0 aliphatic heterocycles. The van der Waals surface area contributed by atoms with E-state index in [9.17, 15) is 0 Å². The summed E-state index contributed by atoms with van der Waals surface area (Å²) >= 11 is 0. The highest BCUT2D eigenvalue weighted by Crippen LogP contribution is 2.25. The van der Waals surface area contributed by atoms with Crippen molar-refractivity contribution in [2.75, 3.05) is 0 Å². The van der Waals surface area contributed by atoms with Crippen LogP contribution in [0.5, 0.6) is 0 Å². The topological polar surface area (TPSA) is 12.4 Å². The van der Waals surface area contributed by atoms with Crippen molar-refractivity contribution in [3.05, 3.63) is 6.08 Å². The first-order valence-corrected chi connectivity index (χ1v) is 6.24. The SMILES string of the molecule is C(=CC1CCCC1)=NC1CCCCC1. The first-order valence-electron chi connectivity index (χ1n) is 6.24. The van der Waals surface area contributed by atoms with Gasteiger partial charge in [-0.1, -0.05) is 32.1 Å². The predicted octanol–water partition coefficient (Wildman–Crippen LogP) is 3.74. The van der Waals surface area contributed by atoms with Crippen molar-refractivity contribution in [1.29, 1.82) is 0 Å². The van der Waals surface area contributed by atoms with Crippen LogP contribution in [-0.2, 0) is 0 Å². The van der Waals surface area contributed by atoms with Gasteiger partial charge in [-0.2, -0.15) is 0 Å². The van der Waals surface area contributed by atoms with Crippen LogP contribution in [0.15, 0.2) is 11.1 Å². The van der Waals surface area contributed by atoms with Gasteiger partial charge in [0.05, 0.1) is 6.04 Å². The van der Waals surface area contributed by atoms with Gasteiger partial charge < -0.3 is 0 Å². The molecule has 2 saturated carbocycles. The molecule has 2 aliphatic rings. The molecule has 0 saturated heterocycles. The quantitative estimate of drug-likeness (QED) is 0.590. The van der Waals surface area contributed by atoms with Gasteiger partial charge in [0.15, 0.2) is 0 Å². The van der Waals surface area contributed by atoms with Gasteiger partial charge in [0.1, 0.15) is 0 Å². The zero-order valence-electron chi connectivity index (χ0n) is 9.04. The molecule has 0 atom stereocenters. The summed E-state index contributed by atoms with van der Waals surface area (Å²) in [6, 6.07) is 0.599. The van der Waals surface area contributed by atoms with E-state index in [-0.39, 0.29) is 0 Å². The Bertz CT molecular complexity index is 213. The fourth-order valence-electron chi connectivity index (χ4n) is 2.59. The van der Waals surface area contributed by atoms with E-state index in [4.69, 9.17) is 0 Å². The average molecular weight is 191 g/mol. The zero-order chi connectivity index (χ0) is 9.64. The van der Waals surface area contributed by atoms with Gasteiger partial charge in [-0.25, -0.2) is 4.99 Å². The predicted molar refractivity (Wildman–Crippen MR) is 60.8 cm³/mol. The summed E-state index contributed by atoms with van der Waals surface area (Å²) in [5, 5.41) is 0. The Hall–Kier alpha value is -0.550. The Morgan fingerprint density at radius 1 is 0.857 bits per heavy atom. The van der Waals surface area contributed by atoms with E-state index in [0.717, 1.165) is 5.92 Å². The maximum Gasteiger partial charge on any atom is 0.0593 e. The minimum absolute atomic E-state index is 0.599. The van der Waals surface area contributed by atoms with E-state index in [2.05, 4.69) is 16.9 Å². The molecule has 0 N–H and O–H groups in total. The van der Waals surface area contributed by atoms with Crippen LogP contribution in [0, 0.1) is 5.92 Å². The molecule has 1 heteroatoms. The molecule has 0 amide bonds. The highest BCUT2D eigenvalue weighted by molar-refractivity contribution is 5.52. The van der Waals surface area contributed by atoms with Crippen LogP contribution in [0.3, 0.4) is 0 Å². The minimum atomic E-state index is 0.599. The van der Waals surface area contributed by atoms with Crippen LogP contribution in [0.1, 0.15) is 57.8 Å². The fraction of sp³-hybridized carbons (Fsp3) is 0.846. The first-order chi connectivity index (χ1) is 6.95. The first kappa shape index (κ1) is 9.98. The molecule has 14 heavy (non-hydrogen) atoms. The van der Waals surface area contributed by atoms with E-state index in [1.807, 2.05) is 0 Å². The Morgan fingerprint density at radius 3 is 2.21 bits per heavy atom. The Labute approximate surface area is 87.3 Å². The standard InChI is InChI=1S/C13H21N/c1-2-8-13(9-3-1)14-11-10-12-6-4-5-7-12/h10,12-13H,1-9H2. The minimum Gasteiger partial charge on any atom is -0.240 e. The number of hydrogen-bond acceptors (Lipinski definition) is 1. The molecule has 0 bridgehead atoms. The van der Waals surface area contributed by atoms with Crippen LogP contribution < -0.4 is 0 Å². The number of nitrogens with zero attached hydrogens (tertiary/aromatic N) is 1. The van der Waals surface area contributed by atoms with Gasteiger partial charge in [0.2, 0.25) is 0 Å². The van der Waals surface area contributed by atoms with Crippen molar-refractivity contribution in [1.82, 2.24) is 0 Å². The normalized spacial score (nSPS) is 24.6. The van der Waals surface area contributed by atoms with Gasteiger partial charge in [-0.3, -0.25) is 0 Å². The van der Waals surface area contributed by atoms with Crippen molar-refractivity contribution >= 4 is 5.87 Å². The number of aliphatic imine (C=N–C) groups is 1. The highest BCUT2D eigenvalue weighted by Gasteiger charge is 2.12. The van der Waals surface area contributed by atoms with Gasteiger partial charge in [-0.15, -0.1) is 0 Å². The number of rotatable bonds is 2. The smallest absolute Gasteiger partial charge is 0.0593 e. The summed E-state index contributed by atoms with van der Waals surface area (Å²) in [7, 11) is 0. The lowest BCUT2D eigenvalue weighted by molar-refractivity contribution is 0.444. The number of allylic oxidation sites excluding steroid dienone is 1. The highest BCUT2D eigenvalue weighted by atomic mass is 14.8. The third kappa shape index (κ3) is 2.99. The van der Waals surface area contributed by atoms with Crippen LogP contribution in [0.4, 0.5) is 0 Å². The molecule has 0 radical (unpaired) electrons. The summed E-state index contributed by atoms with van der Waals surface area (Å²) in [6.07, 6.45) is 14.5. The van der Waals surface area contributed by atoms with Crippen LogP contribution in [0.2, 0.25) is 0 Å². The summed E-state index contributed by atoms with van der Waals surface area (Å²) < 4.78 is 0. The second-order valence-corrected chi connectivity index (χ2v) is 4.76. The summed E-state index contributed by atoms with van der Waals surface area (Å²) in [6.45, 7) is 0. The van der Waals surface area contributed by atoms with E-state index < -0.39 is 0 Å². The molecular weight excluding hydrogens is 170 g/mol. The molecule has 0 unspecified atom stereocenters. The lowest BCUT2D eigenvalue weighted by Crippen LogP contribution is -2.08. The van der Waals surface area contributed by atoms with Gasteiger partial charge in [0.25, 0.3) is 0 Å². The zero-order valence-corrected chi connectivity index (χ0v) is 9.04. The molecule has 0 heterocycles. The third-order valence-corrected chi connectivity index (χ3v) is 3.54. The van der Waals surface area contributed by atoms with E-state index in [1.54, 1.807) is 0 Å². The molecule has 1 nitrogen and oxygen atoms in total. The monoisotopic (exact) mass is 191 g/mol. The molecule has 0 spiro atoms. The largest absolute Gasteiger partial charge is 0.240 e.